The second kappa shape index (κ2) is 8.47. The molecule has 0 heterocycles. The Morgan fingerprint density at radius 1 is 1.12 bits per heavy atom. The van der Waals surface area contributed by atoms with Crippen LogP contribution in [0.5, 0.6) is 0 Å². The standard InChI is InChI=1S/C18H16FNO4/c19-15-10-4-8-14(16(15)17(21)22)9-5-11-20-18(23)24-12-13-6-2-1-3-7-13/h1-10H,11-12H2,(H,20,23)(H,21,22). The smallest absolute Gasteiger partial charge is 0.407 e. The first-order valence-electron chi connectivity index (χ1n) is 7.21. The van der Waals surface area contributed by atoms with Gasteiger partial charge in [0.2, 0.25) is 0 Å². The first-order chi connectivity index (χ1) is 11.6. The molecular weight excluding hydrogens is 313 g/mol. The summed E-state index contributed by atoms with van der Waals surface area (Å²) in [6.07, 6.45) is 2.36. The average molecular weight is 329 g/mol. The Bertz CT molecular complexity index is 744. The van der Waals surface area contributed by atoms with Gasteiger partial charge in [0.25, 0.3) is 0 Å². The second-order valence-corrected chi connectivity index (χ2v) is 4.85. The van der Waals surface area contributed by atoms with Gasteiger partial charge in [-0.3, -0.25) is 0 Å². The van der Waals surface area contributed by atoms with Crippen LogP contribution < -0.4 is 5.32 Å². The number of rotatable bonds is 6. The quantitative estimate of drug-likeness (QED) is 0.851. The van der Waals surface area contributed by atoms with Crippen LogP contribution in [-0.4, -0.2) is 23.7 Å². The largest absolute Gasteiger partial charge is 0.478 e. The number of ether oxygens (including phenoxy) is 1. The first kappa shape index (κ1) is 17.2. The molecule has 0 saturated heterocycles. The van der Waals surface area contributed by atoms with E-state index in [2.05, 4.69) is 5.32 Å². The van der Waals surface area contributed by atoms with E-state index < -0.39 is 23.4 Å². The van der Waals surface area contributed by atoms with Gasteiger partial charge in [-0.05, 0) is 17.2 Å². The Morgan fingerprint density at radius 3 is 2.58 bits per heavy atom. The number of carbonyl (C=O) groups is 2. The molecule has 2 aromatic carbocycles. The third-order valence-corrected chi connectivity index (χ3v) is 3.13. The SMILES string of the molecule is O=C(NCC=Cc1cccc(F)c1C(=O)O)OCc1ccccc1. The molecule has 124 valence electrons. The molecule has 0 unspecified atom stereocenters. The van der Waals surface area contributed by atoms with Crippen LogP contribution in [0.4, 0.5) is 9.18 Å². The summed E-state index contributed by atoms with van der Waals surface area (Å²) in [6.45, 7) is 0.284. The lowest BCUT2D eigenvalue weighted by molar-refractivity contribution is 0.0691. The number of amides is 1. The van der Waals surface area contributed by atoms with E-state index in [1.54, 1.807) is 0 Å². The van der Waals surface area contributed by atoms with Crippen LogP contribution in [0.25, 0.3) is 6.08 Å². The van der Waals surface area contributed by atoms with Gasteiger partial charge in [-0.15, -0.1) is 0 Å². The molecule has 0 radical (unpaired) electrons. The van der Waals surface area contributed by atoms with E-state index in [-0.39, 0.29) is 18.7 Å². The van der Waals surface area contributed by atoms with E-state index in [1.165, 1.54) is 24.3 Å². The number of benzene rings is 2. The molecule has 0 aliphatic carbocycles. The van der Waals surface area contributed by atoms with Crippen molar-refractivity contribution in [3.05, 3.63) is 77.1 Å². The molecule has 0 fully saturated rings. The second-order valence-electron chi connectivity index (χ2n) is 4.85. The van der Waals surface area contributed by atoms with Gasteiger partial charge in [0.05, 0.1) is 0 Å². The van der Waals surface area contributed by atoms with E-state index >= 15 is 0 Å². The number of aromatic carboxylic acids is 1. The minimum atomic E-state index is -1.34. The fourth-order valence-electron chi connectivity index (χ4n) is 2.01. The zero-order valence-electron chi connectivity index (χ0n) is 12.7. The molecule has 2 rings (SSSR count). The maximum Gasteiger partial charge on any atom is 0.407 e. The summed E-state index contributed by atoms with van der Waals surface area (Å²) in [5.41, 5.74) is 0.691. The van der Waals surface area contributed by atoms with E-state index in [1.807, 2.05) is 30.3 Å². The first-order valence-corrected chi connectivity index (χ1v) is 7.21. The molecule has 0 aliphatic rings. The fourth-order valence-corrected chi connectivity index (χ4v) is 2.01. The summed E-state index contributed by atoms with van der Waals surface area (Å²) >= 11 is 0. The molecule has 24 heavy (non-hydrogen) atoms. The molecule has 2 aromatic rings. The summed E-state index contributed by atoms with van der Waals surface area (Å²) < 4.78 is 18.5. The summed E-state index contributed by atoms with van der Waals surface area (Å²) in [7, 11) is 0. The van der Waals surface area contributed by atoms with E-state index in [0.717, 1.165) is 11.6 Å². The summed E-state index contributed by atoms with van der Waals surface area (Å²) in [6, 6.07) is 13.2. The van der Waals surface area contributed by atoms with Crippen molar-refractivity contribution in [2.75, 3.05) is 6.54 Å². The van der Waals surface area contributed by atoms with Crippen LogP contribution in [0.3, 0.4) is 0 Å². The van der Waals surface area contributed by atoms with Gasteiger partial charge < -0.3 is 15.2 Å². The molecule has 0 bridgehead atoms. The van der Waals surface area contributed by atoms with E-state index in [9.17, 15) is 14.0 Å². The van der Waals surface area contributed by atoms with Crippen molar-refractivity contribution in [2.45, 2.75) is 6.61 Å². The van der Waals surface area contributed by atoms with Crippen LogP contribution >= 0.6 is 0 Å². The lowest BCUT2D eigenvalue weighted by atomic mass is 10.1. The topological polar surface area (TPSA) is 75.6 Å². The Labute approximate surface area is 138 Å². The van der Waals surface area contributed by atoms with E-state index in [4.69, 9.17) is 9.84 Å². The number of hydrogen-bond donors (Lipinski definition) is 2. The van der Waals surface area contributed by atoms with Gasteiger partial charge in [-0.25, -0.2) is 14.0 Å². The van der Waals surface area contributed by atoms with Gasteiger partial charge in [0.1, 0.15) is 18.0 Å². The third kappa shape index (κ3) is 4.95. The van der Waals surface area contributed by atoms with Gasteiger partial charge in [0, 0.05) is 6.54 Å². The van der Waals surface area contributed by atoms with Crippen LogP contribution in [0.1, 0.15) is 21.5 Å². The highest BCUT2D eigenvalue weighted by molar-refractivity contribution is 5.92. The molecule has 0 spiro atoms. The highest BCUT2D eigenvalue weighted by atomic mass is 19.1. The van der Waals surface area contributed by atoms with Gasteiger partial charge in [-0.2, -0.15) is 0 Å². The molecule has 0 saturated carbocycles. The van der Waals surface area contributed by atoms with Crippen LogP contribution in [0.15, 0.2) is 54.6 Å². The molecule has 0 aromatic heterocycles. The Hall–Kier alpha value is -3.15. The maximum absolute atomic E-state index is 13.5. The van der Waals surface area contributed by atoms with Crippen molar-refractivity contribution in [1.82, 2.24) is 5.32 Å². The highest BCUT2D eigenvalue weighted by Gasteiger charge is 2.13. The summed E-state index contributed by atoms with van der Waals surface area (Å²) in [4.78, 5) is 22.6. The molecular formula is C18H16FNO4. The zero-order chi connectivity index (χ0) is 17.4. The predicted octanol–water partition coefficient (Wildman–Crippen LogP) is 3.46. The van der Waals surface area contributed by atoms with Crippen molar-refractivity contribution < 1.29 is 23.8 Å². The van der Waals surface area contributed by atoms with Crippen molar-refractivity contribution in [3.8, 4) is 0 Å². The molecule has 0 aliphatic heterocycles. The monoisotopic (exact) mass is 329 g/mol. The Morgan fingerprint density at radius 2 is 1.88 bits per heavy atom. The number of alkyl carbamates (subject to hydrolysis) is 1. The van der Waals surface area contributed by atoms with Crippen LogP contribution in [-0.2, 0) is 11.3 Å². The van der Waals surface area contributed by atoms with Crippen LogP contribution in [0, 0.1) is 5.82 Å². The lowest BCUT2D eigenvalue weighted by Crippen LogP contribution is -2.24. The van der Waals surface area contributed by atoms with Gasteiger partial charge >= 0.3 is 12.1 Å². The van der Waals surface area contributed by atoms with Crippen molar-refractivity contribution in [1.29, 1.82) is 0 Å². The van der Waals surface area contributed by atoms with E-state index in [0.29, 0.717) is 0 Å². The summed E-state index contributed by atoms with van der Waals surface area (Å²) in [5.74, 6) is -2.15. The predicted molar refractivity (Wildman–Crippen MR) is 87.0 cm³/mol. The van der Waals surface area contributed by atoms with Crippen molar-refractivity contribution in [2.24, 2.45) is 0 Å². The number of carboxylic acids is 1. The van der Waals surface area contributed by atoms with Gasteiger partial charge in [-0.1, -0.05) is 54.6 Å². The molecule has 0 atom stereocenters. The molecule has 5 nitrogen and oxygen atoms in total. The molecule has 6 heteroatoms. The zero-order valence-corrected chi connectivity index (χ0v) is 12.7. The third-order valence-electron chi connectivity index (χ3n) is 3.13. The number of carboxylic acid groups (broad SMARTS) is 1. The number of nitrogens with one attached hydrogen (secondary N) is 1. The van der Waals surface area contributed by atoms with Crippen molar-refractivity contribution >= 4 is 18.1 Å². The minimum absolute atomic E-state index is 0.128. The number of halogens is 1. The minimum Gasteiger partial charge on any atom is -0.478 e. The maximum atomic E-state index is 13.5. The molecule has 2 N–H and O–H groups in total. The Kier molecular flexibility index (Phi) is 6.08. The van der Waals surface area contributed by atoms with Gasteiger partial charge in [0.15, 0.2) is 0 Å². The number of hydrogen-bond acceptors (Lipinski definition) is 3. The molecule has 1 amide bonds. The average Bonchev–Trinajstić information content (AvgIpc) is 2.57. The number of carbonyl (C=O) groups excluding carboxylic acids is 1. The highest BCUT2D eigenvalue weighted by Crippen LogP contribution is 2.15. The summed E-state index contributed by atoms with van der Waals surface area (Å²) in [5, 5.41) is 11.5. The van der Waals surface area contributed by atoms with Crippen LogP contribution in [0.2, 0.25) is 0 Å². The Balaban J connectivity index is 1.83. The van der Waals surface area contributed by atoms with Crippen molar-refractivity contribution in [3.63, 3.8) is 0 Å². The normalized spacial score (nSPS) is 10.5. The fraction of sp³-hybridized carbons (Fsp3) is 0.111. The lowest BCUT2D eigenvalue weighted by Gasteiger charge is -2.05.